The van der Waals surface area contributed by atoms with Gasteiger partial charge in [0, 0.05) is 25.5 Å². The monoisotopic (exact) mass is 313 g/mol. The van der Waals surface area contributed by atoms with E-state index >= 15 is 0 Å². The van der Waals surface area contributed by atoms with Gasteiger partial charge in [-0.1, -0.05) is 20.8 Å². The van der Waals surface area contributed by atoms with E-state index in [4.69, 9.17) is 0 Å². The number of hydrogen-bond donors (Lipinski definition) is 1. The summed E-state index contributed by atoms with van der Waals surface area (Å²) in [4.78, 5) is 10.6. The summed E-state index contributed by atoms with van der Waals surface area (Å²) in [5, 5.41) is 10.3. The van der Waals surface area contributed by atoms with E-state index in [1.807, 2.05) is 0 Å². The van der Waals surface area contributed by atoms with Gasteiger partial charge < -0.3 is 10.0 Å². The minimum atomic E-state index is -0.314. The van der Waals surface area contributed by atoms with Crippen molar-refractivity contribution in [2.24, 2.45) is 11.3 Å². The lowest BCUT2D eigenvalue weighted by Gasteiger charge is -2.42. The summed E-state index contributed by atoms with van der Waals surface area (Å²) >= 11 is 3.32. The highest BCUT2D eigenvalue weighted by molar-refractivity contribution is 9.10. The maximum Gasteiger partial charge on any atom is 0.225 e. The van der Waals surface area contributed by atoms with Gasteiger partial charge in [0.15, 0.2) is 0 Å². The molecule has 1 aliphatic rings. The number of piperidine rings is 1. The Balaban J connectivity index is 2.06. The van der Waals surface area contributed by atoms with Crippen molar-refractivity contribution < 1.29 is 5.11 Å². The molecule has 1 fully saturated rings. The lowest BCUT2D eigenvalue weighted by molar-refractivity contribution is 0.0289. The number of β-amino-alcohol motifs (C(OH)–C–C–N with tert-alkyl or cyclic N) is 1. The Morgan fingerprint density at radius 3 is 2.44 bits per heavy atom. The van der Waals surface area contributed by atoms with Crippen LogP contribution in [0.4, 0.5) is 5.95 Å². The van der Waals surface area contributed by atoms with Crippen LogP contribution in [-0.4, -0.2) is 34.3 Å². The molecule has 0 radical (unpaired) electrons. The fourth-order valence-corrected chi connectivity index (χ4v) is 2.80. The zero-order valence-corrected chi connectivity index (χ0v) is 12.7. The van der Waals surface area contributed by atoms with Crippen molar-refractivity contribution in [2.75, 3.05) is 18.0 Å². The maximum atomic E-state index is 10.3. The smallest absolute Gasteiger partial charge is 0.225 e. The number of anilines is 1. The Labute approximate surface area is 117 Å². The third kappa shape index (κ3) is 3.01. The lowest BCUT2D eigenvalue weighted by Crippen LogP contribution is -2.48. The van der Waals surface area contributed by atoms with E-state index in [2.05, 4.69) is 51.6 Å². The van der Waals surface area contributed by atoms with Gasteiger partial charge in [0.05, 0.1) is 10.6 Å². The Morgan fingerprint density at radius 1 is 1.33 bits per heavy atom. The molecule has 0 unspecified atom stereocenters. The van der Waals surface area contributed by atoms with Crippen LogP contribution in [-0.2, 0) is 0 Å². The van der Waals surface area contributed by atoms with Crippen molar-refractivity contribution in [1.29, 1.82) is 0 Å². The van der Waals surface area contributed by atoms with Gasteiger partial charge in [0.2, 0.25) is 5.95 Å². The largest absolute Gasteiger partial charge is 0.391 e. The molecule has 2 atom stereocenters. The van der Waals surface area contributed by atoms with Crippen LogP contribution in [0, 0.1) is 11.3 Å². The summed E-state index contributed by atoms with van der Waals surface area (Å²) in [6, 6.07) is 0. The summed E-state index contributed by atoms with van der Waals surface area (Å²) in [5.74, 6) is 1.04. The standard InChI is InChI=1S/C13H20BrN3O/c1-13(2,3)10-4-5-17(8-11(10)18)12-15-6-9(14)7-16-12/h6-7,10-11,18H,4-5,8H2,1-3H3/t10-,11-/m0/s1. The Morgan fingerprint density at radius 2 is 1.94 bits per heavy atom. The summed E-state index contributed by atoms with van der Waals surface area (Å²) < 4.78 is 0.872. The van der Waals surface area contributed by atoms with Crippen molar-refractivity contribution in [3.8, 4) is 0 Å². The fraction of sp³-hybridized carbons (Fsp3) is 0.692. The highest BCUT2D eigenvalue weighted by atomic mass is 79.9. The molecule has 0 aliphatic carbocycles. The Bertz CT molecular complexity index is 402. The highest BCUT2D eigenvalue weighted by Gasteiger charge is 2.36. The summed E-state index contributed by atoms with van der Waals surface area (Å²) in [5.41, 5.74) is 0.145. The average Bonchev–Trinajstić information content (AvgIpc) is 2.28. The van der Waals surface area contributed by atoms with Crippen LogP contribution in [0.15, 0.2) is 16.9 Å². The lowest BCUT2D eigenvalue weighted by atomic mass is 9.74. The van der Waals surface area contributed by atoms with Crippen molar-refractivity contribution >= 4 is 21.9 Å². The number of hydrogen-bond acceptors (Lipinski definition) is 4. The second-order valence-electron chi connectivity index (χ2n) is 5.98. The third-order valence-corrected chi connectivity index (χ3v) is 3.99. The van der Waals surface area contributed by atoms with Gasteiger partial charge in [-0.2, -0.15) is 0 Å². The second-order valence-corrected chi connectivity index (χ2v) is 6.89. The predicted molar refractivity (Wildman–Crippen MR) is 75.5 cm³/mol. The molecule has 1 N–H and O–H groups in total. The molecule has 0 amide bonds. The highest BCUT2D eigenvalue weighted by Crippen LogP contribution is 2.35. The molecule has 0 saturated carbocycles. The van der Waals surface area contributed by atoms with Gasteiger partial charge >= 0.3 is 0 Å². The topological polar surface area (TPSA) is 49.2 Å². The summed E-state index contributed by atoms with van der Waals surface area (Å²) in [6.07, 6.45) is 4.14. The van der Waals surface area contributed by atoms with E-state index < -0.39 is 0 Å². The first-order valence-corrected chi connectivity index (χ1v) is 7.08. The van der Waals surface area contributed by atoms with E-state index in [0.29, 0.717) is 18.4 Å². The van der Waals surface area contributed by atoms with Crippen LogP contribution >= 0.6 is 15.9 Å². The number of aliphatic hydroxyl groups excluding tert-OH is 1. The molecule has 0 spiro atoms. The molecule has 2 rings (SSSR count). The van der Waals surface area contributed by atoms with E-state index in [1.165, 1.54) is 0 Å². The van der Waals surface area contributed by atoms with Crippen LogP contribution in [0.5, 0.6) is 0 Å². The quantitative estimate of drug-likeness (QED) is 0.865. The van der Waals surface area contributed by atoms with Crippen molar-refractivity contribution in [2.45, 2.75) is 33.3 Å². The molecule has 0 bridgehead atoms. The fourth-order valence-electron chi connectivity index (χ4n) is 2.59. The minimum absolute atomic E-state index is 0.145. The third-order valence-electron chi connectivity index (χ3n) is 3.58. The molecule has 1 saturated heterocycles. The van der Waals surface area contributed by atoms with E-state index in [-0.39, 0.29) is 11.5 Å². The van der Waals surface area contributed by atoms with Gasteiger partial charge in [-0.05, 0) is 33.7 Å². The normalized spacial score (nSPS) is 25.3. The van der Waals surface area contributed by atoms with E-state index in [9.17, 15) is 5.11 Å². The minimum Gasteiger partial charge on any atom is -0.391 e. The summed E-state index contributed by atoms with van der Waals surface area (Å²) in [6.45, 7) is 8.08. The first kappa shape index (κ1) is 13.7. The molecule has 1 aromatic rings. The van der Waals surface area contributed by atoms with Crippen molar-refractivity contribution in [1.82, 2.24) is 9.97 Å². The van der Waals surface area contributed by atoms with Crippen molar-refractivity contribution in [3.05, 3.63) is 16.9 Å². The number of rotatable bonds is 1. The van der Waals surface area contributed by atoms with Gasteiger partial charge in [-0.15, -0.1) is 0 Å². The van der Waals surface area contributed by atoms with Gasteiger partial charge in [0.25, 0.3) is 0 Å². The van der Waals surface area contributed by atoms with Gasteiger partial charge in [-0.3, -0.25) is 0 Å². The van der Waals surface area contributed by atoms with Crippen LogP contribution in [0.3, 0.4) is 0 Å². The molecular weight excluding hydrogens is 294 g/mol. The number of aliphatic hydroxyl groups is 1. The average molecular weight is 314 g/mol. The molecule has 0 aromatic carbocycles. The number of halogens is 1. The molecule has 2 heterocycles. The van der Waals surface area contributed by atoms with Crippen molar-refractivity contribution in [3.63, 3.8) is 0 Å². The molecule has 4 nitrogen and oxygen atoms in total. The second kappa shape index (κ2) is 5.13. The maximum absolute atomic E-state index is 10.3. The van der Waals surface area contributed by atoms with Gasteiger partial charge in [-0.25, -0.2) is 9.97 Å². The zero-order valence-electron chi connectivity index (χ0n) is 11.1. The first-order chi connectivity index (χ1) is 8.38. The zero-order chi connectivity index (χ0) is 13.3. The SMILES string of the molecule is CC(C)(C)[C@H]1CCN(c2ncc(Br)cn2)C[C@@H]1O. The van der Waals surface area contributed by atoms with Gasteiger partial charge in [0.1, 0.15) is 0 Å². The Hall–Kier alpha value is -0.680. The van der Waals surface area contributed by atoms with Crippen LogP contribution in [0.1, 0.15) is 27.2 Å². The van der Waals surface area contributed by atoms with E-state index in [1.54, 1.807) is 12.4 Å². The molecule has 1 aromatic heterocycles. The molecule has 18 heavy (non-hydrogen) atoms. The van der Waals surface area contributed by atoms with Crippen LogP contribution < -0.4 is 4.90 Å². The number of aromatic nitrogens is 2. The summed E-state index contributed by atoms with van der Waals surface area (Å²) in [7, 11) is 0. The van der Waals surface area contributed by atoms with Crippen LogP contribution in [0.2, 0.25) is 0 Å². The van der Waals surface area contributed by atoms with Crippen LogP contribution in [0.25, 0.3) is 0 Å². The van der Waals surface area contributed by atoms with E-state index in [0.717, 1.165) is 17.4 Å². The molecule has 1 aliphatic heterocycles. The predicted octanol–water partition coefficient (Wildman–Crippen LogP) is 2.47. The number of nitrogens with zero attached hydrogens (tertiary/aromatic N) is 3. The molecule has 100 valence electrons. The molecule has 5 heteroatoms. The molecular formula is C13H20BrN3O. The first-order valence-electron chi connectivity index (χ1n) is 6.28. The Kier molecular flexibility index (Phi) is 3.92.